The van der Waals surface area contributed by atoms with Gasteiger partial charge in [-0.1, -0.05) is 60.9 Å². The first-order chi connectivity index (χ1) is 9.22. The molecule has 1 saturated carbocycles. The molecule has 0 N–H and O–H groups in total. The third-order valence-electron chi connectivity index (χ3n) is 4.03. The van der Waals surface area contributed by atoms with Gasteiger partial charge >= 0.3 is 0 Å². The molecule has 1 aromatic carbocycles. The second-order valence-electron chi connectivity index (χ2n) is 5.40. The molecular weight excluding hydrogens is 354 g/mol. The quantitative estimate of drug-likeness (QED) is 0.501. The Labute approximate surface area is 129 Å². The fourth-order valence-corrected chi connectivity index (χ4v) is 3.60. The molecule has 0 aromatic heterocycles. The third kappa shape index (κ3) is 4.42. The van der Waals surface area contributed by atoms with Crippen molar-refractivity contribution in [3.8, 4) is 0 Å². The summed E-state index contributed by atoms with van der Waals surface area (Å²) in [6.07, 6.45) is 6.54. The van der Waals surface area contributed by atoms with E-state index in [1.54, 1.807) is 12.1 Å². The van der Waals surface area contributed by atoms with Crippen LogP contribution in [-0.4, -0.2) is 10.5 Å². The van der Waals surface area contributed by atoms with Crippen molar-refractivity contribution in [1.82, 2.24) is 0 Å². The maximum atomic E-state index is 13.3. The number of benzene rings is 1. The first kappa shape index (κ1) is 15.2. The van der Waals surface area contributed by atoms with Crippen molar-refractivity contribution in [3.63, 3.8) is 0 Å². The lowest BCUT2D eigenvalue weighted by Crippen LogP contribution is -2.25. The molecule has 1 aliphatic rings. The van der Waals surface area contributed by atoms with Gasteiger partial charge in [0, 0.05) is 4.43 Å². The average molecular weight is 376 g/mol. The highest BCUT2D eigenvalue weighted by Gasteiger charge is 2.24. The molecule has 3 heteroatoms. The van der Waals surface area contributed by atoms with Crippen LogP contribution in [0.2, 0.25) is 0 Å². The van der Waals surface area contributed by atoms with Crippen molar-refractivity contribution >= 4 is 22.6 Å². The Hall–Kier alpha value is -0.160. The van der Waals surface area contributed by atoms with Gasteiger partial charge in [-0.2, -0.15) is 0 Å². The largest absolute Gasteiger partial charge is 0.369 e. The van der Waals surface area contributed by atoms with Gasteiger partial charge in [-0.25, -0.2) is 4.39 Å². The van der Waals surface area contributed by atoms with E-state index in [-0.39, 0.29) is 11.9 Å². The summed E-state index contributed by atoms with van der Waals surface area (Å²) in [5.74, 6) is 0.632. The summed E-state index contributed by atoms with van der Waals surface area (Å²) in [4.78, 5) is 0. The molecule has 0 bridgehead atoms. The van der Waals surface area contributed by atoms with Gasteiger partial charge in [0.2, 0.25) is 0 Å². The van der Waals surface area contributed by atoms with E-state index in [2.05, 4.69) is 29.5 Å². The molecule has 0 amide bonds. The van der Waals surface area contributed by atoms with E-state index in [0.29, 0.717) is 6.10 Å². The zero-order chi connectivity index (χ0) is 13.7. The Morgan fingerprint density at radius 2 is 2.26 bits per heavy atom. The molecule has 0 radical (unpaired) electrons. The van der Waals surface area contributed by atoms with E-state index >= 15 is 0 Å². The van der Waals surface area contributed by atoms with Crippen molar-refractivity contribution < 1.29 is 9.13 Å². The van der Waals surface area contributed by atoms with Crippen LogP contribution in [0.1, 0.15) is 50.7 Å². The number of hydrogen-bond donors (Lipinski definition) is 0. The third-order valence-corrected chi connectivity index (χ3v) is 4.83. The summed E-state index contributed by atoms with van der Waals surface area (Å²) in [5.41, 5.74) is 0.966. The smallest absolute Gasteiger partial charge is 0.123 e. The summed E-state index contributed by atoms with van der Waals surface area (Å²) in [5, 5.41) is 0. The number of ether oxygens (including phenoxy) is 1. The lowest BCUT2D eigenvalue weighted by Gasteiger charge is -2.31. The van der Waals surface area contributed by atoms with Crippen LogP contribution in [-0.2, 0) is 4.74 Å². The van der Waals surface area contributed by atoms with Gasteiger partial charge in [-0.15, -0.1) is 0 Å². The van der Waals surface area contributed by atoms with Crippen LogP contribution in [0.3, 0.4) is 0 Å². The predicted octanol–water partition coefficient (Wildman–Crippen LogP) is 5.29. The highest BCUT2D eigenvalue weighted by Crippen LogP contribution is 2.32. The molecule has 1 nitrogen and oxygen atoms in total. The highest BCUT2D eigenvalue weighted by atomic mass is 127. The number of halogens is 2. The second kappa shape index (κ2) is 7.58. The fraction of sp³-hybridized carbons (Fsp3) is 0.625. The molecule has 0 aliphatic heterocycles. The lowest BCUT2D eigenvalue weighted by molar-refractivity contribution is -0.0306. The molecule has 106 valence electrons. The van der Waals surface area contributed by atoms with Crippen molar-refractivity contribution in [3.05, 3.63) is 35.6 Å². The van der Waals surface area contributed by atoms with Gasteiger partial charge in [0.05, 0.1) is 12.2 Å². The van der Waals surface area contributed by atoms with Gasteiger partial charge in [0.1, 0.15) is 5.82 Å². The summed E-state index contributed by atoms with van der Waals surface area (Å²) < 4.78 is 20.4. The van der Waals surface area contributed by atoms with Crippen LogP contribution in [0.25, 0.3) is 0 Å². The Bertz CT molecular complexity index is 396. The minimum Gasteiger partial charge on any atom is -0.369 e. The van der Waals surface area contributed by atoms with Crippen LogP contribution in [0.4, 0.5) is 4.39 Å². The number of alkyl halides is 1. The fourth-order valence-electron chi connectivity index (χ4n) is 2.88. The van der Waals surface area contributed by atoms with Crippen molar-refractivity contribution in [2.45, 2.75) is 51.2 Å². The summed E-state index contributed by atoms with van der Waals surface area (Å²) in [7, 11) is 0. The van der Waals surface area contributed by atoms with E-state index in [4.69, 9.17) is 4.74 Å². The molecule has 1 fully saturated rings. The first-order valence-corrected chi connectivity index (χ1v) is 8.72. The van der Waals surface area contributed by atoms with E-state index in [9.17, 15) is 4.39 Å². The molecular formula is C16H22FIO. The Morgan fingerprint density at radius 3 is 2.95 bits per heavy atom. The highest BCUT2D eigenvalue weighted by molar-refractivity contribution is 14.1. The van der Waals surface area contributed by atoms with E-state index < -0.39 is 0 Å². The summed E-state index contributed by atoms with van der Waals surface area (Å²) in [6.45, 7) is 2.26. The molecule has 0 saturated heterocycles. The van der Waals surface area contributed by atoms with Crippen LogP contribution in [0.5, 0.6) is 0 Å². The Kier molecular flexibility index (Phi) is 6.07. The Morgan fingerprint density at radius 1 is 1.42 bits per heavy atom. The van der Waals surface area contributed by atoms with E-state index in [1.165, 1.54) is 31.7 Å². The van der Waals surface area contributed by atoms with Gasteiger partial charge in [-0.3, -0.25) is 0 Å². The zero-order valence-electron chi connectivity index (χ0n) is 11.4. The molecule has 19 heavy (non-hydrogen) atoms. The summed E-state index contributed by atoms with van der Waals surface area (Å²) in [6, 6.07) is 6.82. The molecule has 0 heterocycles. The molecule has 3 unspecified atom stereocenters. The van der Waals surface area contributed by atoms with E-state index in [0.717, 1.165) is 22.3 Å². The molecule has 0 spiro atoms. The lowest BCUT2D eigenvalue weighted by atomic mass is 9.85. The topological polar surface area (TPSA) is 9.23 Å². The molecule has 1 aliphatic carbocycles. The monoisotopic (exact) mass is 376 g/mol. The zero-order valence-corrected chi connectivity index (χ0v) is 13.6. The minimum atomic E-state index is -0.175. The maximum Gasteiger partial charge on any atom is 0.123 e. The van der Waals surface area contributed by atoms with Crippen LogP contribution < -0.4 is 0 Å². The van der Waals surface area contributed by atoms with Gasteiger partial charge in [0.25, 0.3) is 0 Å². The van der Waals surface area contributed by atoms with Crippen LogP contribution in [0, 0.1) is 11.7 Å². The second-order valence-corrected chi connectivity index (χ2v) is 6.28. The predicted molar refractivity (Wildman–Crippen MR) is 85.2 cm³/mol. The Balaban J connectivity index is 1.99. The van der Waals surface area contributed by atoms with Gasteiger partial charge < -0.3 is 4.74 Å². The van der Waals surface area contributed by atoms with Crippen LogP contribution in [0.15, 0.2) is 24.3 Å². The normalized spacial score (nSPS) is 25.2. The van der Waals surface area contributed by atoms with Crippen LogP contribution >= 0.6 is 22.6 Å². The van der Waals surface area contributed by atoms with Gasteiger partial charge in [0.15, 0.2) is 0 Å². The molecule has 1 aromatic rings. The first-order valence-electron chi connectivity index (χ1n) is 7.19. The number of hydrogen-bond acceptors (Lipinski definition) is 1. The molecule has 2 rings (SSSR count). The standard InChI is InChI=1S/C16H22FIO/c1-2-12-5-3-8-15(9-12)19-16(11-18)13-6-4-7-14(17)10-13/h4,6-7,10,12,15-16H,2-3,5,8-9,11H2,1H3. The van der Waals surface area contributed by atoms with Crippen molar-refractivity contribution in [2.24, 2.45) is 5.92 Å². The number of rotatable bonds is 5. The molecule has 3 atom stereocenters. The SMILES string of the molecule is CCC1CCCC(OC(CI)c2cccc(F)c2)C1. The summed E-state index contributed by atoms with van der Waals surface area (Å²) >= 11 is 2.33. The van der Waals surface area contributed by atoms with Crippen molar-refractivity contribution in [2.75, 3.05) is 4.43 Å². The maximum absolute atomic E-state index is 13.3. The van der Waals surface area contributed by atoms with E-state index in [1.807, 2.05) is 6.07 Å². The minimum absolute atomic E-state index is 0.0249. The van der Waals surface area contributed by atoms with Crippen molar-refractivity contribution in [1.29, 1.82) is 0 Å². The van der Waals surface area contributed by atoms with Gasteiger partial charge in [-0.05, 0) is 36.5 Å². The average Bonchev–Trinajstić information content (AvgIpc) is 2.45.